The first kappa shape index (κ1) is 14.5. The minimum Gasteiger partial charge on any atom is -0.465 e. The fourth-order valence-corrected chi connectivity index (χ4v) is 2.70. The van der Waals surface area contributed by atoms with Crippen molar-refractivity contribution < 1.29 is 27.2 Å². The monoisotopic (exact) mass is 378 g/mol. The summed E-state index contributed by atoms with van der Waals surface area (Å²) < 4.78 is 56.3. The molecule has 0 fully saturated rings. The third kappa shape index (κ3) is 3.26. The van der Waals surface area contributed by atoms with Crippen LogP contribution in [0.15, 0.2) is 47.3 Å². The number of nitrogen functional groups attached to an aromatic ring is 2. The number of hydrogen-bond donors (Lipinski definition) is 2. The van der Waals surface area contributed by atoms with Crippen molar-refractivity contribution in [2.24, 2.45) is 0 Å². The molecule has 0 aliphatic rings. The fraction of sp³-hybridized carbons (Fsp3) is 0.111. The van der Waals surface area contributed by atoms with Crippen molar-refractivity contribution in [3.05, 3.63) is 58.4 Å². The molecule has 1 aromatic heterocycles. The van der Waals surface area contributed by atoms with E-state index in [1.807, 2.05) is 0 Å². The van der Waals surface area contributed by atoms with Crippen LogP contribution in [0.25, 0.3) is 16.6 Å². The minimum absolute atomic E-state index is 0.0471. The summed E-state index contributed by atoms with van der Waals surface area (Å²) in [6.45, 7) is -3.11. The Morgan fingerprint density at radius 1 is 1.19 bits per heavy atom. The molecule has 0 aliphatic heterocycles. The molecule has 0 saturated carbocycles. The lowest BCUT2D eigenvalue weighted by molar-refractivity contribution is -0.0497. The Labute approximate surface area is 155 Å². The van der Waals surface area contributed by atoms with E-state index in [1.165, 1.54) is 36.4 Å². The van der Waals surface area contributed by atoms with Gasteiger partial charge in [-0.1, -0.05) is 0 Å². The molecule has 0 amide bonds. The van der Waals surface area contributed by atoms with Gasteiger partial charge in [-0.05, 0) is 36.4 Å². The molecule has 140 valence electrons. The van der Waals surface area contributed by atoms with Gasteiger partial charge in [0.25, 0.3) is 5.56 Å². The van der Waals surface area contributed by atoms with Crippen LogP contribution in [-0.4, -0.2) is 24.2 Å². The third-order valence-electron chi connectivity index (χ3n) is 3.86. The number of ether oxygens (including phenoxy) is 2. The number of methoxy groups -OCH3 is 1. The molecular weight excluding hydrogens is 360 g/mol. The van der Waals surface area contributed by atoms with E-state index in [0.717, 1.165) is 10.6 Å². The molecule has 0 aliphatic carbocycles. The smallest absolute Gasteiger partial charge is 0.387 e. The van der Waals surface area contributed by atoms with E-state index in [9.17, 15) is 18.4 Å². The summed E-state index contributed by atoms with van der Waals surface area (Å²) in [5.74, 6) is -1.70. The van der Waals surface area contributed by atoms with Crippen LogP contribution in [0.3, 0.4) is 0 Å². The second-order valence-electron chi connectivity index (χ2n) is 5.47. The number of halogens is 2. The van der Waals surface area contributed by atoms with E-state index in [-0.39, 0.29) is 28.0 Å². The van der Waals surface area contributed by atoms with Gasteiger partial charge in [0.05, 0.1) is 22.4 Å². The number of anilines is 2. The molecule has 3 aromatic rings. The Bertz CT molecular complexity index is 1180. The van der Waals surface area contributed by atoms with Crippen molar-refractivity contribution in [1.29, 1.82) is 0 Å². The first-order valence-electron chi connectivity index (χ1n) is 9.00. The SMILES string of the molecule is [2H]C([2H])([2H])OC(=O)c1c(N)c2ccc(OC(F)F)cc2n(-c2ccc(N)cc2)c1=O. The number of rotatable bonds is 4. The average Bonchev–Trinajstić information content (AvgIpc) is 2.61. The fourth-order valence-electron chi connectivity index (χ4n) is 2.70. The largest absolute Gasteiger partial charge is 0.465 e. The molecule has 9 heteroatoms. The highest BCUT2D eigenvalue weighted by Crippen LogP contribution is 2.29. The molecule has 1 heterocycles. The van der Waals surface area contributed by atoms with Crippen LogP contribution in [0, 0.1) is 0 Å². The third-order valence-corrected chi connectivity index (χ3v) is 3.86. The lowest BCUT2D eigenvalue weighted by Crippen LogP contribution is -2.28. The van der Waals surface area contributed by atoms with Gasteiger partial charge in [0.15, 0.2) is 0 Å². The van der Waals surface area contributed by atoms with Crippen molar-refractivity contribution in [2.45, 2.75) is 6.61 Å². The standard InChI is InChI=1S/C18H15F2N3O4/c1-26-17(25)14-15(22)12-7-6-11(27-18(19)20)8-13(12)23(16(14)24)10-4-2-9(21)3-5-10/h2-8,18H,21-22H2,1H3/i1D3. The zero-order valence-corrected chi connectivity index (χ0v) is 13.6. The molecule has 0 bridgehead atoms. The van der Waals surface area contributed by atoms with Gasteiger partial charge in [0.2, 0.25) is 0 Å². The molecule has 2 aromatic carbocycles. The number of fused-ring (bicyclic) bond motifs is 1. The number of carbonyl (C=O) groups is 1. The summed E-state index contributed by atoms with van der Waals surface area (Å²) in [5, 5.41) is 0.116. The van der Waals surface area contributed by atoms with Crippen LogP contribution in [0.2, 0.25) is 0 Å². The topological polar surface area (TPSA) is 110 Å². The van der Waals surface area contributed by atoms with Crippen LogP contribution in [0.4, 0.5) is 20.2 Å². The average molecular weight is 378 g/mol. The van der Waals surface area contributed by atoms with Crippen LogP contribution >= 0.6 is 0 Å². The maximum Gasteiger partial charge on any atom is 0.387 e. The van der Waals surface area contributed by atoms with Gasteiger partial charge in [-0.15, -0.1) is 0 Å². The van der Waals surface area contributed by atoms with Crippen molar-refractivity contribution in [3.8, 4) is 11.4 Å². The molecule has 0 unspecified atom stereocenters. The highest BCUT2D eigenvalue weighted by molar-refractivity contribution is 6.04. The number of benzene rings is 2. The Balaban J connectivity index is 2.36. The summed E-state index contributed by atoms with van der Waals surface area (Å²) >= 11 is 0. The summed E-state index contributed by atoms with van der Waals surface area (Å²) in [4.78, 5) is 25.5. The van der Waals surface area contributed by atoms with E-state index in [4.69, 9.17) is 15.6 Å². The van der Waals surface area contributed by atoms with E-state index in [0.29, 0.717) is 5.69 Å². The summed E-state index contributed by atoms with van der Waals surface area (Å²) in [6, 6.07) is 9.43. The number of esters is 1. The van der Waals surface area contributed by atoms with Gasteiger partial charge in [0, 0.05) is 22.8 Å². The number of pyridine rings is 1. The quantitative estimate of drug-likeness (QED) is 0.533. The summed E-state index contributed by atoms with van der Waals surface area (Å²) in [7, 11) is -3.11. The van der Waals surface area contributed by atoms with Crippen LogP contribution in [0.5, 0.6) is 5.75 Å². The van der Waals surface area contributed by atoms with E-state index in [2.05, 4.69) is 9.47 Å². The molecule has 27 heavy (non-hydrogen) atoms. The summed E-state index contributed by atoms with van der Waals surface area (Å²) in [5.41, 5.74) is 10.2. The normalized spacial score (nSPS) is 13.1. The van der Waals surface area contributed by atoms with Gasteiger partial charge >= 0.3 is 12.6 Å². The molecule has 4 N–H and O–H groups in total. The number of nitrogens with two attached hydrogens (primary N) is 2. The van der Waals surface area contributed by atoms with Crippen LogP contribution in [0.1, 0.15) is 14.5 Å². The number of aromatic nitrogens is 1. The van der Waals surface area contributed by atoms with E-state index in [1.54, 1.807) is 0 Å². The van der Waals surface area contributed by atoms with Crippen molar-refractivity contribution >= 4 is 28.2 Å². The van der Waals surface area contributed by atoms with Gasteiger partial charge < -0.3 is 20.9 Å². The molecule has 0 saturated heterocycles. The first-order valence-corrected chi connectivity index (χ1v) is 7.50. The van der Waals surface area contributed by atoms with Gasteiger partial charge in [0.1, 0.15) is 11.3 Å². The molecule has 3 rings (SSSR count). The Morgan fingerprint density at radius 3 is 2.52 bits per heavy atom. The lowest BCUT2D eigenvalue weighted by atomic mass is 10.1. The molecule has 7 nitrogen and oxygen atoms in total. The van der Waals surface area contributed by atoms with Crippen LogP contribution in [-0.2, 0) is 4.74 Å². The van der Waals surface area contributed by atoms with E-state index < -0.39 is 30.7 Å². The Kier molecular flexibility index (Phi) is 3.74. The number of alkyl halides is 2. The van der Waals surface area contributed by atoms with Crippen molar-refractivity contribution in [2.75, 3.05) is 18.5 Å². The second-order valence-corrected chi connectivity index (χ2v) is 5.47. The zero-order valence-electron chi connectivity index (χ0n) is 16.6. The highest BCUT2D eigenvalue weighted by atomic mass is 19.3. The molecular formula is C18H15F2N3O4. The predicted molar refractivity (Wildman–Crippen MR) is 96.3 cm³/mol. The second kappa shape index (κ2) is 6.94. The maximum absolute atomic E-state index is 13.1. The highest BCUT2D eigenvalue weighted by Gasteiger charge is 2.22. The Morgan fingerprint density at radius 2 is 1.89 bits per heavy atom. The van der Waals surface area contributed by atoms with Crippen molar-refractivity contribution in [3.63, 3.8) is 0 Å². The molecule has 0 spiro atoms. The van der Waals surface area contributed by atoms with E-state index >= 15 is 0 Å². The minimum atomic E-state index is -3.11. The Hall–Kier alpha value is -3.62. The zero-order chi connectivity index (χ0) is 22.2. The van der Waals surface area contributed by atoms with Gasteiger partial charge in [-0.25, -0.2) is 4.79 Å². The maximum atomic E-state index is 13.1. The molecule has 0 atom stereocenters. The number of hydrogen-bond acceptors (Lipinski definition) is 6. The summed E-state index contributed by atoms with van der Waals surface area (Å²) in [6.07, 6.45) is 0. The molecule has 0 radical (unpaired) electrons. The number of carbonyl (C=O) groups excluding carboxylic acids is 1. The van der Waals surface area contributed by atoms with Crippen LogP contribution < -0.4 is 21.8 Å². The number of nitrogens with zero attached hydrogens (tertiary/aromatic N) is 1. The first-order chi connectivity index (χ1) is 14.0. The van der Waals surface area contributed by atoms with Gasteiger partial charge in [-0.2, -0.15) is 8.78 Å². The lowest BCUT2D eigenvalue weighted by Gasteiger charge is -2.16. The van der Waals surface area contributed by atoms with Gasteiger partial charge in [-0.3, -0.25) is 9.36 Å². The van der Waals surface area contributed by atoms with Crippen molar-refractivity contribution in [1.82, 2.24) is 4.57 Å². The predicted octanol–water partition coefficient (Wildman–Crippen LogP) is 2.54.